The van der Waals surface area contributed by atoms with Gasteiger partial charge in [-0.25, -0.2) is 4.98 Å². The van der Waals surface area contributed by atoms with Crippen LogP contribution in [0.4, 0.5) is 5.69 Å². The van der Waals surface area contributed by atoms with E-state index in [9.17, 15) is 4.79 Å². The first kappa shape index (κ1) is 20.9. The summed E-state index contributed by atoms with van der Waals surface area (Å²) in [5, 5.41) is 1.02. The molecule has 32 heavy (non-hydrogen) atoms. The Morgan fingerprint density at radius 3 is 2.62 bits per heavy atom. The zero-order valence-electron chi connectivity index (χ0n) is 18.5. The van der Waals surface area contributed by atoms with Crippen LogP contribution in [0.15, 0.2) is 65.8 Å². The van der Waals surface area contributed by atoms with Crippen LogP contribution < -0.4 is 10.5 Å². The van der Waals surface area contributed by atoms with Crippen LogP contribution in [-0.4, -0.2) is 26.6 Å². The normalized spacial score (nSPS) is 15.3. The van der Waals surface area contributed by atoms with E-state index in [1.807, 2.05) is 30.7 Å². The van der Waals surface area contributed by atoms with E-state index in [0.717, 1.165) is 46.5 Å². The summed E-state index contributed by atoms with van der Waals surface area (Å²) in [7, 11) is 0. The maximum absolute atomic E-state index is 13.1. The maximum atomic E-state index is 13.1. The third-order valence-electron chi connectivity index (χ3n) is 6.53. The summed E-state index contributed by atoms with van der Waals surface area (Å²) in [5.41, 5.74) is 6.12. The van der Waals surface area contributed by atoms with Gasteiger partial charge in [-0.15, -0.1) is 0 Å². The van der Waals surface area contributed by atoms with Gasteiger partial charge in [-0.05, 0) is 56.4 Å². The average molecular weight is 445 g/mol. The average Bonchev–Trinajstić information content (AvgIpc) is 3.15. The van der Waals surface area contributed by atoms with Crippen molar-refractivity contribution < 1.29 is 0 Å². The number of aryl methyl sites for hydroxylation is 1. The molecule has 0 saturated carbocycles. The first-order chi connectivity index (χ1) is 15.5. The Bertz CT molecular complexity index is 1330. The zero-order chi connectivity index (χ0) is 22.2. The fraction of sp³-hybridized carbons (Fsp3) is 0.308. The number of anilines is 1. The highest BCUT2D eigenvalue weighted by Gasteiger charge is 2.17. The molecule has 1 atom stereocenters. The lowest BCUT2D eigenvalue weighted by Gasteiger charge is -2.28. The standard InChI is InChI=1S/C26H28N4OS/c1-18-7-6-8-20(13-18)19(2)29-12-9-21(14-25(29)31)24-17-30(32)26-23(24)15-22(16-27-26)28-10-4-3-5-11-28/h6-9,12-17,19,32H,3-5,10-11H2,1-2H3. The number of nitrogens with zero attached hydrogens (tertiary/aromatic N) is 4. The van der Waals surface area contributed by atoms with Gasteiger partial charge in [0.05, 0.1) is 17.9 Å². The monoisotopic (exact) mass is 444 g/mol. The first-order valence-corrected chi connectivity index (χ1v) is 11.7. The molecule has 1 aromatic carbocycles. The molecule has 6 heteroatoms. The summed E-state index contributed by atoms with van der Waals surface area (Å²) < 4.78 is 3.53. The summed E-state index contributed by atoms with van der Waals surface area (Å²) in [6.45, 7) is 6.26. The van der Waals surface area contributed by atoms with Crippen molar-refractivity contribution in [1.29, 1.82) is 0 Å². The molecule has 4 aromatic rings. The van der Waals surface area contributed by atoms with Crippen molar-refractivity contribution in [2.75, 3.05) is 18.0 Å². The Hall–Kier alpha value is -2.99. The molecule has 1 aliphatic rings. The SMILES string of the molecule is Cc1cccc(C(C)n2ccc(-c3cn(S)c4ncc(N5CCCCC5)cc34)cc2=O)c1. The molecular weight excluding hydrogens is 416 g/mol. The zero-order valence-corrected chi connectivity index (χ0v) is 19.4. The van der Waals surface area contributed by atoms with E-state index < -0.39 is 0 Å². The van der Waals surface area contributed by atoms with Crippen molar-refractivity contribution in [3.8, 4) is 11.1 Å². The van der Waals surface area contributed by atoms with Gasteiger partial charge < -0.3 is 9.47 Å². The molecule has 4 heterocycles. The van der Waals surface area contributed by atoms with Gasteiger partial charge in [-0.3, -0.25) is 8.77 Å². The van der Waals surface area contributed by atoms with E-state index in [2.05, 4.69) is 60.8 Å². The van der Waals surface area contributed by atoms with Crippen molar-refractivity contribution in [2.45, 2.75) is 39.2 Å². The smallest absolute Gasteiger partial charge is 0.251 e. The van der Waals surface area contributed by atoms with Gasteiger partial charge in [-0.1, -0.05) is 42.6 Å². The quantitative estimate of drug-likeness (QED) is 0.425. The summed E-state index contributed by atoms with van der Waals surface area (Å²) in [6, 6.07) is 14.2. The van der Waals surface area contributed by atoms with Crippen molar-refractivity contribution >= 4 is 29.5 Å². The minimum atomic E-state index is -0.0324. The molecule has 0 spiro atoms. The number of pyridine rings is 2. The number of rotatable bonds is 4. The number of aromatic nitrogens is 3. The van der Waals surface area contributed by atoms with Crippen LogP contribution in [0.2, 0.25) is 0 Å². The van der Waals surface area contributed by atoms with Crippen LogP contribution in [0.3, 0.4) is 0 Å². The van der Waals surface area contributed by atoms with Gasteiger partial charge in [0.25, 0.3) is 5.56 Å². The Morgan fingerprint density at radius 2 is 1.88 bits per heavy atom. The second-order valence-electron chi connectivity index (χ2n) is 8.75. The second-order valence-corrected chi connectivity index (χ2v) is 9.18. The van der Waals surface area contributed by atoms with Crippen LogP contribution in [0.25, 0.3) is 22.2 Å². The number of hydrogen-bond acceptors (Lipinski definition) is 4. The predicted octanol–water partition coefficient (Wildman–Crippen LogP) is 5.47. The van der Waals surface area contributed by atoms with Gasteiger partial charge in [0, 0.05) is 42.5 Å². The molecular formula is C26H28N4OS. The first-order valence-electron chi connectivity index (χ1n) is 11.3. The number of benzene rings is 1. The third kappa shape index (κ3) is 3.84. The van der Waals surface area contributed by atoms with Crippen LogP contribution in [-0.2, 0) is 0 Å². The second kappa shape index (κ2) is 8.51. The minimum Gasteiger partial charge on any atom is -0.370 e. The molecule has 1 unspecified atom stereocenters. The van der Waals surface area contributed by atoms with Gasteiger partial charge in [-0.2, -0.15) is 0 Å². The lowest BCUT2D eigenvalue weighted by molar-refractivity contribution is 0.577. The van der Waals surface area contributed by atoms with Crippen LogP contribution in [0.1, 0.15) is 43.4 Å². The molecule has 0 N–H and O–H groups in total. The van der Waals surface area contributed by atoms with Crippen molar-refractivity contribution in [1.82, 2.24) is 13.5 Å². The molecule has 1 saturated heterocycles. The van der Waals surface area contributed by atoms with E-state index in [0.29, 0.717) is 0 Å². The Morgan fingerprint density at radius 1 is 1.06 bits per heavy atom. The van der Waals surface area contributed by atoms with E-state index in [-0.39, 0.29) is 11.6 Å². The highest BCUT2D eigenvalue weighted by atomic mass is 32.1. The van der Waals surface area contributed by atoms with E-state index in [4.69, 9.17) is 0 Å². The predicted molar refractivity (Wildman–Crippen MR) is 135 cm³/mol. The highest BCUT2D eigenvalue weighted by molar-refractivity contribution is 7.78. The molecule has 0 bridgehead atoms. The van der Waals surface area contributed by atoms with Crippen molar-refractivity contribution in [3.05, 3.63) is 82.5 Å². The lowest BCUT2D eigenvalue weighted by Crippen LogP contribution is -2.29. The van der Waals surface area contributed by atoms with Gasteiger partial charge in [0.15, 0.2) is 5.65 Å². The largest absolute Gasteiger partial charge is 0.370 e. The van der Waals surface area contributed by atoms with E-state index in [1.165, 1.54) is 24.8 Å². The molecule has 164 valence electrons. The van der Waals surface area contributed by atoms with Gasteiger partial charge >= 0.3 is 0 Å². The summed E-state index contributed by atoms with van der Waals surface area (Å²) in [5.74, 6) is 0. The number of thiol groups is 1. The number of piperidine rings is 1. The molecule has 5 nitrogen and oxygen atoms in total. The molecule has 0 aliphatic carbocycles. The number of fused-ring (bicyclic) bond motifs is 1. The van der Waals surface area contributed by atoms with Crippen LogP contribution in [0, 0.1) is 6.92 Å². The van der Waals surface area contributed by atoms with Gasteiger partial charge in [0.1, 0.15) is 0 Å². The molecule has 3 aromatic heterocycles. The molecule has 5 rings (SSSR count). The third-order valence-corrected chi connectivity index (χ3v) is 6.84. The van der Waals surface area contributed by atoms with Gasteiger partial charge in [0.2, 0.25) is 0 Å². The van der Waals surface area contributed by atoms with E-state index >= 15 is 0 Å². The Kier molecular flexibility index (Phi) is 5.55. The topological polar surface area (TPSA) is 43.1 Å². The molecule has 1 fully saturated rings. The summed E-state index contributed by atoms with van der Waals surface area (Å²) in [4.78, 5) is 20.2. The number of hydrogen-bond donors (Lipinski definition) is 1. The Balaban J connectivity index is 1.53. The highest BCUT2D eigenvalue weighted by Crippen LogP contribution is 2.33. The minimum absolute atomic E-state index is 0.0169. The summed E-state index contributed by atoms with van der Waals surface area (Å²) >= 11 is 4.58. The summed E-state index contributed by atoms with van der Waals surface area (Å²) in [6.07, 6.45) is 9.51. The van der Waals surface area contributed by atoms with Crippen LogP contribution >= 0.6 is 12.8 Å². The molecule has 0 radical (unpaired) electrons. The fourth-order valence-corrected chi connectivity index (χ4v) is 4.98. The van der Waals surface area contributed by atoms with Crippen molar-refractivity contribution in [3.63, 3.8) is 0 Å². The fourth-order valence-electron chi connectivity index (χ4n) is 4.70. The lowest BCUT2D eigenvalue weighted by atomic mass is 10.0. The molecule has 0 amide bonds. The van der Waals surface area contributed by atoms with E-state index in [1.54, 1.807) is 14.6 Å². The molecule has 1 aliphatic heterocycles. The van der Waals surface area contributed by atoms with Crippen molar-refractivity contribution in [2.24, 2.45) is 0 Å². The Labute approximate surface area is 193 Å². The van der Waals surface area contributed by atoms with Crippen LogP contribution in [0.5, 0.6) is 0 Å². The maximum Gasteiger partial charge on any atom is 0.251 e.